The first kappa shape index (κ1) is 17.9. The van der Waals surface area contributed by atoms with E-state index in [2.05, 4.69) is 10.6 Å². The quantitative estimate of drug-likeness (QED) is 0.476. The lowest BCUT2D eigenvalue weighted by Crippen LogP contribution is -2.35. The van der Waals surface area contributed by atoms with Crippen LogP contribution in [0.15, 0.2) is 46.8 Å². The van der Waals surface area contributed by atoms with Gasteiger partial charge in [0.05, 0.1) is 0 Å². The molecule has 1 aliphatic rings. The molecule has 0 saturated carbocycles. The Kier molecular flexibility index (Phi) is 5.51. The lowest BCUT2D eigenvalue weighted by Gasteiger charge is -2.28. The second-order valence-corrected chi connectivity index (χ2v) is 6.10. The summed E-state index contributed by atoms with van der Waals surface area (Å²) in [6.07, 6.45) is 1.30. The van der Waals surface area contributed by atoms with Crippen LogP contribution in [0.3, 0.4) is 0 Å². The van der Waals surface area contributed by atoms with Gasteiger partial charge in [-0.15, -0.1) is 0 Å². The number of carbonyl (C=O) groups is 1. The average molecular weight is 329 g/mol. The molecular formula is C18H23N3O3. The SMILES string of the molecule is CNC(CC1=C(C)NC(C)=C(C)C1[N+](=O)[O-])c1cccc(C=O)c1. The average Bonchev–Trinajstić information content (AvgIpc) is 2.56. The number of nitrogens with one attached hydrogen (secondary N) is 2. The van der Waals surface area contributed by atoms with Crippen molar-refractivity contribution in [3.05, 3.63) is 68.0 Å². The number of carbonyl (C=O) groups excluding carboxylic acids is 1. The minimum Gasteiger partial charge on any atom is -0.362 e. The first-order valence-corrected chi connectivity index (χ1v) is 7.89. The highest BCUT2D eigenvalue weighted by Gasteiger charge is 2.35. The summed E-state index contributed by atoms with van der Waals surface area (Å²) >= 11 is 0. The lowest BCUT2D eigenvalue weighted by atomic mass is 9.87. The van der Waals surface area contributed by atoms with Gasteiger partial charge < -0.3 is 10.6 Å². The van der Waals surface area contributed by atoms with E-state index >= 15 is 0 Å². The van der Waals surface area contributed by atoms with E-state index in [0.717, 1.165) is 34.4 Å². The number of benzene rings is 1. The standard InChI is InChI=1S/C18H23N3O3/c1-11-12(2)20-13(3)16(18(11)21(23)24)9-17(19-4)15-7-5-6-14(8-15)10-22/h5-8,10,17-20H,9H2,1-4H3. The lowest BCUT2D eigenvalue weighted by molar-refractivity contribution is -0.503. The van der Waals surface area contributed by atoms with Crippen LogP contribution in [0.2, 0.25) is 0 Å². The van der Waals surface area contributed by atoms with E-state index in [1.165, 1.54) is 0 Å². The Bertz CT molecular complexity index is 722. The number of nitro groups is 1. The fourth-order valence-corrected chi connectivity index (χ4v) is 3.14. The first-order valence-electron chi connectivity index (χ1n) is 7.89. The number of rotatable bonds is 6. The highest BCUT2D eigenvalue weighted by molar-refractivity contribution is 5.75. The van der Waals surface area contributed by atoms with E-state index in [4.69, 9.17) is 0 Å². The number of hydrogen-bond acceptors (Lipinski definition) is 5. The minimum absolute atomic E-state index is 0.106. The van der Waals surface area contributed by atoms with Crippen LogP contribution in [0.1, 0.15) is 49.2 Å². The number of hydrogen-bond donors (Lipinski definition) is 2. The topological polar surface area (TPSA) is 84.3 Å². The molecular weight excluding hydrogens is 306 g/mol. The van der Waals surface area contributed by atoms with Gasteiger partial charge in [-0.2, -0.15) is 0 Å². The van der Waals surface area contributed by atoms with Crippen molar-refractivity contribution in [2.24, 2.45) is 0 Å². The van der Waals surface area contributed by atoms with Crippen LogP contribution in [0.25, 0.3) is 0 Å². The van der Waals surface area contributed by atoms with Crippen LogP contribution in [0.4, 0.5) is 0 Å². The smallest absolute Gasteiger partial charge is 0.258 e. The third kappa shape index (κ3) is 3.54. The summed E-state index contributed by atoms with van der Waals surface area (Å²) in [4.78, 5) is 22.4. The van der Waals surface area contributed by atoms with Gasteiger partial charge in [0.2, 0.25) is 0 Å². The monoisotopic (exact) mass is 329 g/mol. The van der Waals surface area contributed by atoms with Crippen LogP contribution in [0.5, 0.6) is 0 Å². The molecule has 1 aromatic carbocycles. The Hall–Kier alpha value is -2.47. The van der Waals surface area contributed by atoms with Crippen LogP contribution < -0.4 is 10.6 Å². The molecule has 0 fully saturated rings. The fraction of sp³-hybridized carbons (Fsp3) is 0.389. The molecule has 0 aliphatic carbocycles. The Morgan fingerprint density at radius 3 is 2.62 bits per heavy atom. The van der Waals surface area contributed by atoms with E-state index in [9.17, 15) is 14.9 Å². The van der Waals surface area contributed by atoms with Gasteiger partial charge in [0.15, 0.2) is 0 Å². The molecule has 2 rings (SSSR count). The Labute approximate surface area is 141 Å². The Morgan fingerprint density at radius 1 is 1.33 bits per heavy atom. The van der Waals surface area contributed by atoms with Crippen LogP contribution >= 0.6 is 0 Å². The number of aldehydes is 1. The van der Waals surface area contributed by atoms with Crippen molar-refractivity contribution in [3.8, 4) is 0 Å². The van der Waals surface area contributed by atoms with Crippen molar-refractivity contribution < 1.29 is 9.72 Å². The van der Waals surface area contributed by atoms with Crippen LogP contribution in [0, 0.1) is 10.1 Å². The molecule has 6 nitrogen and oxygen atoms in total. The summed E-state index contributed by atoms with van der Waals surface area (Å²) in [7, 11) is 1.82. The molecule has 24 heavy (non-hydrogen) atoms. The Balaban J connectivity index is 2.36. The zero-order chi connectivity index (χ0) is 17.9. The fourth-order valence-electron chi connectivity index (χ4n) is 3.14. The van der Waals surface area contributed by atoms with Gasteiger partial charge in [-0.3, -0.25) is 14.9 Å². The molecule has 2 unspecified atom stereocenters. The minimum atomic E-state index is -0.809. The molecule has 0 aromatic heterocycles. The van der Waals surface area contributed by atoms with Crippen molar-refractivity contribution in [2.75, 3.05) is 7.05 Å². The molecule has 2 atom stereocenters. The van der Waals surface area contributed by atoms with Crippen molar-refractivity contribution in [3.63, 3.8) is 0 Å². The summed E-state index contributed by atoms with van der Waals surface area (Å²) < 4.78 is 0. The van der Waals surface area contributed by atoms with Gasteiger partial charge in [0.1, 0.15) is 6.29 Å². The first-order chi connectivity index (χ1) is 11.4. The summed E-state index contributed by atoms with van der Waals surface area (Å²) in [5, 5.41) is 18.1. The molecule has 1 aromatic rings. The third-order valence-corrected chi connectivity index (χ3v) is 4.62. The predicted molar refractivity (Wildman–Crippen MR) is 93.2 cm³/mol. The van der Waals surface area contributed by atoms with Crippen molar-refractivity contribution in [1.29, 1.82) is 0 Å². The highest BCUT2D eigenvalue weighted by Crippen LogP contribution is 2.32. The maximum atomic E-state index is 11.6. The van der Waals surface area contributed by atoms with E-state index in [-0.39, 0.29) is 11.0 Å². The zero-order valence-corrected chi connectivity index (χ0v) is 14.4. The van der Waals surface area contributed by atoms with Crippen LogP contribution in [-0.4, -0.2) is 24.3 Å². The summed E-state index contributed by atoms with van der Waals surface area (Å²) in [5.41, 5.74) is 4.69. The van der Waals surface area contributed by atoms with E-state index in [0.29, 0.717) is 12.0 Å². The van der Waals surface area contributed by atoms with E-state index in [1.807, 2.05) is 39.1 Å². The van der Waals surface area contributed by atoms with Crippen LogP contribution in [-0.2, 0) is 0 Å². The van der Waals surface area contributed by atoms with Gasteiger partial charge in [0.25, 0.3) is 6.04 Å². The van der Waals surface area contributed by atoms with Crippen molar-refractivity contribution >= 4 is 6.29 Å². The van der Waals surface area contributed by atoms with Gasteiger partial charge in [-0.05, 0) is 45.9 Å². The Morgan fingerprint density at radius 2 is 2.04 bits per heavy atom. The number of nitrogens with zero attached hydrogens (tertiary/aromatic N) is 1. The molecule has 0 spiro atoms. The number of allylic oxidation sites excluding steroid dienone is 2. The van der Waals surface area contributed by atoms with Gasteiger partial charge in [-0.25, -0.2) is 0 Å². The van der Waals surface area contributed by atoms with Gasteiger partial charge in [-0.1, -0.05) is 18.2 Å². The molecule has 2 N–H and O–H groups in total. The van der Waals surface area contributed by atoms with E-state index < -0.39 is 6.04 Å². The summed E-state index contributed by atoms with van der Waals surface area (Å²) in [6.45, 7) is 5.52. The molecule has 128 valence electrons. The molecule has 1 aliphatic heterocycles. The van der Waals surface area contributed by atoms with Gasteiger partial charge >= 0.3 is 0 Å². The van der Waals surface area contributed by atoms with Crippen molar-refractivity contribution in [2.45, 2.75) is 39.3 Å². The second kappa shape index (κ2) is 7.40. The number of dihydropyridines is 1. The van der Waals surface area contributed by atoms with E-state index in [1.54, 1.807) is 13.0 Å². The highest BCUT2D eigenvalue weighted by atomic mass is 16.6. The second-order valence-electron chi connectivity index (χ2n) is 6.10. The maximum Gasteiger partial charge on any atom is 0.258 e. The largest absolute Gasteiger partial charge is 0.362 e. The molecule has 0 saturated heterocycles. The third-order valence-electron chi connectivity index (χ3n) is 4.62. The summed E-state index contributed by atoms with van der Waals surface area (Å²) in [5.74, 6) is 0. The molecule has 6 heteroatoms. The maximum absolute atomic E-state index is 11.6. The predicted octanol–water partition coefficient (Wildman–Crippen LogP) is 2.97. The van der Waals surface area contributed by atoms with Crippen molar-refractivity contribution in [1.82, 2.24) is 10.6 Å². The van der Waals surface area contributed by atoms with Gasteiger partial charge in [0, 0.05) is 39.1 Å². The summed E-state index contributed by atoms with van der Waals surface area (Å²) in [6, 6.07) is 6.39. The molecule has 0 bridgehead atoms. The normalized spacial score (nSPS) is 19.1. The molecule has 0 radical (unpaired) electrons. The molecule has 1 heterocycles. The molecule has 0 amide bonds. The zero-order valence-electron chi connectivity index (χ0n) is 14.4.